The molecule has 0 bridgehead atoms. The highest BCUT2D eigenvalue weighted by atomic mass is 32.1. The number of aliphatic hydroxyl groups is 1. The Kier molecular flexibility index (Phi) is 6.97. The first-order valence-corrected chi connectivity index (χ1v) is 7.53. The molecule has 2 aromatic rings. The van der Waals surface area contributed by atoms with E-state index in [4.69, 9.17) is 16.2 Å². The van der Waals surface area contributed by atoms with E-state index >= 15 is 0 Å². The van der Waals surface area contributed by atoms with Crippen LogP contribution in [0, 0.1) is 5.41 Å². The number of aliphatic hydroxyl groups excluding tert-OH is 1. The minimum Gasteiger partial charge on any atom is -0.512 e. The molecule has 2 rings (SSSR count). The first-order valence-electron chi connectivity index (χ1n) is 7.08. The van der Waals surface area contributed by atoms with Gasteiger partial charge < -0.3 is 10.8 Å². The van der Waals surface area contributed by atoms with Gasteiger partial charge >= 0.3 is 0 Å². The number of allylic oxidation sites excluding steroid dienone is 1. The van der Waals surface area contributed by atoms with Gasteiger partial charge in [-0.2, -0.15) is 0 Å². The second-order valence-corrected chi connectivity index (χ2v) is 5.77. The van der Waals surface area contributed by atoms with Gasteiger partial charge in [-0.05, 0) is 36.2 Å². The molecule has 0 aliphatic rings. The van der Waals surface area contributed by atoms with Gasteiger partial charge in [-0.1, -0.05) is 30.3 Å². The molecule has 0 fully saturated rings. The fourth-order valence-electron chi connectivity index (χ4n) is 1.85. The van der Waals surface area contributed by atoms with Crippen LogP contribution < -0.4 is 5.73 Å². The lowest BCUT2D eigenvalue weighted by Gasteiger charge is -2.12. The van der Waals surface area contributed by atoms with E-state index in [1.54, 1.807) is 6.07 Å². The van der Waals surface area contributed by atoms with Gasteiger partial charge in [-0.25, -0.2) is 8.78 Å². The number of rotatable bonds is 3. The summed E-state index contributed by atoms with van der Waals surface area (Å²) in [6.45, 7) is 2.37. The van der Waals surface area contributed by atoms with Crippen molar-refractivity contribution in [1.29, 1.82) is 5.41 Å². The van der Waals surface area contributed by atoms with E-state index in [0.29, 0.717) is 0 Å². The smallest absolute Gasteiger partial charge is 0.270 e. The van der Waals surface area contributed by atoms with Crippen molar-refractivity contribution < 1.29 is 13.9 Å². The lowest BCUT2D eigenvalue weighted by Crippen LogP contribution is -2.06. The Labute approximate surface area is 145 Å². The molecule has 4 N–H and O–H groups in total. The number of benzene rings is 2. The van der Waals surface area contributed by atoms with E-state index in [1.165, 1.54) is 25.1 Å². The Bertz CT molecular complexity index is 719. The van der Waals surface area contributed by atoms with E-state index in [2.05, 4.69) is 12.6 Å². The Morgan fingerprint density at radius 1 is 1.17 bits per heavy atom. The second-order valence-electron chi connectivity index (χ2n) is 5.26. The van der Waals surface area contributed by atoms with Crippen molar-refractivity contribution in [1.82, 2.24) is 0 Å². The van der Waals surface area contributed by atoms with Gasteiger partial charge in [-0.15, -0.1) is 12.6 Å². The Balaban J connectivity index is 0.000000351. The Morgan fingerprint density at radius 3 is 2.17 bits per heavy atom. The van der Waals surface area contributed by atoms with Crippen LogP contribution in [0.5, 0.6) is 0 Å². The average molecular weight is 350 g/mol. The zero-order chi connectivity index (χ0) is 18.3. The third-order valence-corrected chi connectivity index (χ3v) is 3.23. The Hall–Kier alpha value is -2.34. The number of hydrogen-bond acceptors (Lipinski definition) is 3. The maximum Gasteiger partial charge on any atom is 0.270 e. The van der Waals surface area contributed by atoms with Crippen molar-refractivity contribution >= 4 is 18.5 Å². The number of nitrogens with one attached hydrogen (secondary N) is 1. The lowest BCUT2D eigenvalue weighted by molar-refractivity contribution is 0.0175. The molecule has 0 unspecified atom stereocenters. The quantitative estimate of drug-likeness (QED) is 0.268. The molecule has 2 aromatic carbocycles. The summed E-state index contributed by atoms with van der Waals surface area (Å²) < 4.78 is 26.4. The molecule has 0 atom stereocenters. The summed E-state index contributed by atoms with van der Waals surface area (Å²) >= 11 is 4.19. The van der Waals surface area contributed by atoms with Gasteiger partial charge in [0.25, 0.3) is 5.92 Å². The molecule has 0 heterocycles. The molecule has 0 saturated heterocycles. The summed E-state index contributed by atoms with van der Waals surface area (Å²) in [6.07, 6.45) is 1.17. The second kappa shape index (κ2) is 8.49. The minimum atomic E-state index is -2.81. The van der Waals surface area contributed by atoms with Crippen LogP contribution >= 0.6 is 12.6 Å². The highest BCUT2D eigenvalue weighted by Crippen LogP contribution is 2.30. The van der Waals surface area contributed by atoms with Crippen LogP contribution in [0.15, 0.2) is 65.3 Å². The molecule has 0 saturated carbocycles. The van der Waals surface area contributed by atoms with Crippen molar-refractivity contribution in [3.8, 4) is 11.1 Å². The van der Waals surface area contributed by atoms with E-state index in [0.717, 1.165) is 22.9 Å². The number of amidine groups is 1. The summed E-state index contributed by atoms with van der Waals surface area (Å²) in [5.41, 5.74) is 6.57. The molecule has 0 aromatic heterocycles. The normalized spacial score (nSPS) is 11.5. The third-order valence-electron chi connectivity index (χ3n) is 2.93. The van der Waals surface area contributed by atoms with Gasteiger partial charge in [0.2, 0.25) is 0 Å². The van der Waals surface area contributed by atoms with Gasteiger partial charge in [0.05, 0.1) is 5.76 Å². The van der Waals surface area contributed by atoms with Crippen molar-refractivity contribution in [2.75, 3.05) is 0 Å². The molecule has 0 amide bonds. The summed E-state index contributed by atoms with van der Waals surface area (Å²) in [6, 6.07) is 13.9. The monoisotopic (exact) mass is 350 g/mol. The summed E-state index contributed by atoms with van der Waals surface area (Å²) in [5.74, 6) is -2.87. The molecule has 0 spiro atoms. The van der Waals surface area contributed by atoms with Crippen LogP contribution in [0.1, 0.15) is 19.4 Å². The van der Waals surface area contributed by atoms with E-state index in [1.807, 2.05) is 30.3 Å². The van der Waals surface area contributed by atoms with Crippen molar-refractivity contribution in [2.24, 2.45) is 5.73 Å². The van der Waals surface area contributed by atoms with Crippen LogP contribution in [0.25, 0.3) is 11.1 Å². The van der Waals surface area contributed by atoms with Crippen LogP contribution in [0.2, 0.25) is 0 Å². The number of thiol groups is 1. The molecule has 0 aliphatic heterocycles. The van der Waals surface area contributed by atoms with E-state index < -0.39 is 5.92 Å². The average Bonchev–Trinajstić information content (AvgIpc) is 2.46. The fourth-order valence-corrected chi connectivity index (χ4v) is 2.00. The number of nitrogens with two attached hydrogens (primary N) is 1. The maximum atomic E-state index is 13.2. The largest absolute Gasteiger partial charge is 0.512 e. The molecular weight excluding hydrogens is 330 g/mol. The number of halogens is 2. The highest BCUT2D eigenvalue weighted by Gasteiger charge is 2.24. The van der Waals surface area contributed by atoms with E-state index in [9.17, 15) is 8.78 Å². The van der Waals surface area contributed by atoms with E-state index in [-0.39, 0.29) is 17.2 Å². The SMILES string of the molecule is C/C(O)=C/C(=N)N.CC(F)(F)c1cccc(-c2ccc(S)cc2)c1. The molecule has 128 valence electrons. The highest BCUT2D eigenvalue weighted by molar-refractivity contribution is 7.80. The van der Waals surface area contributed by atoms with Crippen molar-refractivity contribution in [2.45, 2.75) is 24.7 Å². The molecule has 0 radical (unpaired) electrons. The predicted octanol–water partition coefficient (Wildman–Crippen LogP) is 5.14. The summed E-state index contributed by atoms with van der Waals surface area (Å²) in [4.78, 5) is 0.853. The van der Waals surface area contributed by atoms with Crippen LogP contribution in [-0.2, 0) is 5.92 Å². The molecule has 0 aliphatic carbocycles. The zero-order valence-corrected chi connectivity index (χ0v) is 14.3. The van der Waals surface area contributed by atoms with Crippen LogP contribution in [0.3, 0.4) is 0 Å². The van der Waals surface area contributed by atoms with Crippen LogP contribution in [0.4, 0.5) is 8.78 Å². The first-order chi connectivity index (χ1) is 11.1. The Morgan fingerprint density at radius 2 is 1.75 bits per heavy atom. The molecule has 24 heavy (non-hydrogen) atoms. The fraction of sp³-hybridized carbons (Fsp3) is 0.167. The third kappa shape index (κ3) is 6.83. The minimum absolute atomic E-state index is 0.0324. The van der Waals surface area contributed by atoms with Gasteiger partial charge in [-0.3, -0.25) is 5.41 Å². The van der Waals surface area contributed by atoms with Gasteiger partial charge in [0, 0.05) is 23.5 Å². The molecular formula is C18H20F2N2OS. The van der Waals surface area contributed by atoms with Gasteiger partial charge in [0.1, 0.15) is 5.84 Å². The number of hydrogen-bond donors (Lipinski definition) is 4. The first kappa shape index (κ1) is 19.7. The van der Waals surface area contributed by atoms with Crippen molar-refractivity contribution in [3.05, 3.63) is 65.9 Å². The topological polar surface area (TPSA) is 70.1 Å². The molecule has 3 nitrogen and oxygen atoms in total. The zero-order valence-electron chi connectivity index (χ0n) is 13.4. The lowest BCUT2D eigenvalue weighted by atomic mass is 10.0. The summed E-state index contributed by atoms with van der Waals surface area (Å²) in [7, 11) is 0. The van der Waals surface area contributed by atoms with Crippen molar-refractivity contribution in [3.63, 3.8) is 0 Å². The number of alkyl halides is 2. The molecule has 6 heteroatoms. The summed E-state index contributed by atoms with van der Waals surface area (Å²) in [5, 5.41) is 14.9. The van der Waals surface area contributed by atoms with Gasteiger partial charge in [0.15, 0.2) is 0 Å². The maximum absolute atomic E-state index is 13.2. The standard InChI is InChI=1S/C14H12F2S.C4H8N2O/c1-14(15,16)12-4-2-3-11(9-12)10-5-7-13(17)8-6-10;1-3(7)2-4(5)6/h2-9,17H,1H3;2,7H,1H3,(H3,5,6)/b;3-2-. The van der Waals surface area contributed by atoms with Crippen LogP contribution in [-0.4, -0.2) is 10.9 Å². The predicted molar refractivity (Wildman–Crippen MR) is 97.0 cm³/mol.